The van der Waals surface area contributed by atoms with Gasteiger partial charge < -0.3 is 14.6 Å². The second kappa shape index (κ2) is 6.20. The van der Waals surface area contributed by atoms with E-state index >= 15 is 0 Å². The number of rotatable bonds is 3. The molecule has 0 spiro atoms. The molecule has 3 aliphatic rings. The van der Waals surface area contributed by atoms with Crippen molar-refractivity contribution in [1.29, 1.82) is 0 Å². The quantitative estimate of drug-likeness (QED) is 0.279. The first-order valence-corrected chi connectivity index (χ1v) is 8.96. The fraction of sp³-hybridized carbons (Fsp3) is 0.650. The average molecular weight is 346 g/mol. The SMILES string of the molecule is C=C1CCC2[C@](C)(C=O)C(=O)CC[C@@]2(C)[C@@H]1CC=C1C(=O)OC[C@H]1O. The third kappa shape index (κ3) is 2.69. The minimum Gasteiger partial charge on any atom is -0.459 e. The Labute approximate surface area is 148 Å². The highest BCUT2D eigenvalue weighted by molar-refractivity contribution is 5.99. The molecule has 1 heterocycles. The van der Waals surface area contributed by atoms with Gasteiger partial charge >= 0.3 is 5.97 Å². The lowest BCUT2D eigenvalue weighted by atomic mass is 9.46. The third-order valence-corrected chi connectivity index (χ3v) is 6.84. The lowest BCUT2D eigenvalue weighted by Crippen LogP contribution is -2.55. The predicted molar refractivity (Wildman–Crippen MR) is 91.5 cm³/mol. The van der Waals surface area contributed by atoms with Crippen molar-refractivity contribution in [2.75, 3.05) is 6.61 Å². The molecule has 2 saturated carbocycles. The van der Waals surface area contributed by atoms with E-state index in [-0.39, 0.29) is 29.6 Å². The molecule has 1 N–H and O–H groups in total. The van der Waals surface area contributed by atoms with Gasteiger partial charge in [-0.1, -0.05) is 25.2 Å². The Bertz CT molecular complexity index is 663. The Morgan fingerprint density at radius 1 is 1.32 bits per heavy atom. The standard InChI is InChI=1S/C20H26O5/c1-12-4-7-16-19(2,9-8-17(23)20(16,3)11-21)14(12)6-5-13-15(22)10-25-18(13)24/h5,11,14-16,22H,1,4,6-10H2,2-3H3/t14-,15-,16?,19+,20+/m1/s1. The molecule has 1 aliphatic heterocycles. The summed E-state index contributed by atoms with van der Waals surface area (Å²) in [6.07, 6.45) is 4.97. The van der Waals surface area contributed by atoms with E-state index < -0.39 is 17.5 Å². The van der Waals surface area contributed by atoms with Crippen molar-refractivity contribution in [1.82, 2.24) is 0 Å². The minimum atomic E-state index is -0.940. The van der Waals surface area contributed by atoms with Crippen molar-refractivity contribution < 1.29 is 24.2 Å². The van der Waals surface area contributed by atoms with Crippen LogP contribution in [0.2, 0.25) is 0 Å². The zero-order valence-electron chi connectivity index (χ0n) is 14.9. The summed E-state index contributed by atoms with van der Waals surface area (Å²) in [6.45, 7) is 8.15. The summed E-state index contributed by atoms with van der Waals surface area (Å²) in [4.78, 5) is 35.9. The molecule has 0 radical (unpaired) electrons. The van der Waals surface area contributed by atoms with Crippen LogP contribution >= 0.6 is 0 Å². The number of hydrogen-bond acceptors (Lipinski definition) is 5. The molecular weight excluding hydrogens is 320 g/mol. The van der Waals surface area contributed by atoms with Gasteiger partial charge in [-0.15, -0.1) is 0 Å². The molecular formula is C20H26O5. The van der Waals surface area contributed by atoms with Crippen LogP contribution in [0.1, 0.15) is 46.0 Å². The molecule has 0 aromatic heterocycles. The number of carbonyl (C=O) groups is 3. The maximum atomic E-state index is 12.4. The Morgan fingerprint density at radius 3 is 2.64 bits per heavy atom. The van der Waals surface area contributed by atoms with Gasteiger partial charge in [-0.25, -0.2) is 4.79 Å². The number of Topliss-reactive ketones (excluding diaryl/α,β-unsaturated/α-hetero) is 1. The number of ether oxygens (including phenoxy) is 1. The van der Waals surface area contributed by atoms with Gasteiger partial charge in [-0.2, -0.15) is 0 Å². The van der Waals surface area contributed by atoms with Crippen molar-refractivity contribution in [3.8, 4) is 0 Å². The molecule has 3 fully saturated rings. The van der Waals surface area contributed by atoms with E-state index in [4.69, 9.17) is 4.74 Å². The van der Waals surface area contributed by atoms with Gasteiger partial charge in [0.25, 0.3) is 0 Å². The molecule has 5 atom stereocenters. The Kier molecular flexibility index (Phi) is 4.48. The van der Waals surface area contributed by atoms with Crippen molar-refractivity contribution in [2.45, 2.75) is 52.1 Å². The molecule has 3 rings (SSSR count). The van der Waals surface area contributed by atoms with Gasteiger partial charge in [0, 0.05) is 6.42 Å². The van der Waals surface area contributed by atoms with Crippen molar-refractivity contribution >= 4 is 18.0 Å². The van der Waals surface area contributed by atoms with Gasteiger partial charge in [0.2, 0.25) is 0 Å². The first kappa shape index (κ1) is 18.1. The van der Waals surface area contributed by atoms with E-state index in [0.717, 1.165) is 31.1 Å². The van der Waals surface area contributed by atoms with Crippen molar-refractivity contribution in [3.63, 3.8) is 0 Å². The molecule has 136 valence electrons. The second-order valence-corrected chi connectivity index (χ2v) is 8.14. The topological polar surface area (TPSA) is 80.7 Å². The normalized spacial score (nSPS) is 43.1. The van der Waals surface area contributed by atoms with E-state index in [1.165, 1.54) is 0 Å². The number of allylic oxidation sites excluding steroid dienone is 2. The number of carbonyl (C=O) groups excluding carboxylic acids is 3. The molecule has 5 nitrogen and oxygen atoms in total. The van der Waals surface area contributed by atoms with Gasteiger partial charge in [0.15, 0.2) is 0 Å². The van der Waals surface area contributed by atoms with Crippen molar-refractivity contribution in [3.05, 3.63) is 23.8 Å². The smallest absolute Gasteiger partial charge is 0.336 e. The largest absolute Gasteiger partial charge is 0.459 e. The highest BCUT2D eigenvalue weighted by atomic mass is 16.6. The maximum absolute atomic E-state index is 12.4. The molecule has 2 aliphatic carbocycles. The zero-order chi connectivity index (χ0) is 18.4. The van der Waals surface area contributed by atoms with Crippen LogP contribution in [0, 0.1) is 22.7 Å². The van der Waals surface area contributed by atoms with E-state index in [1.54, 1.807) is 13.0 Å². The monoisotopic (exact) mass is 346 g/mol. The molecule has 25 heavy (non-hydrogen) atoms. The van der Waals surface area contributed by atoms with E-state index in [2.05, 4.69) is 13.5 Å². The number of ketones is 1. The lowest BCUT2D eigenvalue weighted by molar-refractivity contribution is -0.151. The van der Waals surface area contributed by atoms with Crippen molar-refractivity contribution in [2.24, 2.45) is 22.7 Å². The first-order chi connectivity index (χ1) is 11.7. The lowest BCUT2D eigenvalue weighted by Gasteiger charge is -2.56. The number of cyclic esters (lactones) is 1. The summed E-state index contributed by atoms with van der Waals surface area (Å²) in [6, 6.07) is 0. The summed E-state index contributed by atoms with van der Waals surface area (Å²) in [5, 5.41) is 9.88. The summed E-state index contributed by atoms with van der Waals surface area (Å²) < 4.78 is 4.87. The fourth-order valence-corrected chi connectivity index (χ4v) is 5.23. The predicted octanol–water partition coefficient (Wildman–Crippen LogP) is 2.38. The highest BCUT2D eigenvalue weighted by Crippen LogP contribution is 2.60. The number of aldehydes is 1. The highest BCUT2D eigenvalue weighted by Gasteiger charge is 2.57. The molecule has 0 aromatic rings. The number of fused-ring (bicyclic) bond motifs is 1. The minimum absolute atomic E-state index is 0.00782. The number of esters is 1. The van der Waals surface area contributed by atoms with Crippen LogP contribution in [0.5, 0.6) is 0 Å². The van der Waals surface area contributed by atoms with Crippen LogP contribution in [0.4, 0.5) is 0 Å². The fourth-order valence-electron chi connectivity index (χ4n) is 5.23. The van der Waals surface area contributed by atoms with Crippen LogP contribution < -0.4 is 0 Å². The first-order valence-electron chi connectivity index (χ1n) is 8.96. The zero-order valence-corrected chi connectivity index (χ0v) is 14.9. The molecule has 1 unspecified atom stereocenters. The van der Waals surface area contributed by atoms with E-state index in [0.29, 0.717) is 18.4 Å². The molecule has 5 heteroatoms. The molecule has 0 amide bonds. The third-order valence-electron chi connectivity index (χ3n) is 6.84. The van der Waals surface area contributed by atoms with Gasteiger partial charge in [0.05, 0.1) is 11.0 Å². The second-order valence-electron chi connectivity index (χ2n) is 8.14. The summed E-state index contributed by atoms with van der Waals surface area (Å²) >= 11 is 0. The van der Waals surface area contributed by atoms with Gasteiger partial charge in [0.1, 0.15) is 24.8 Å². The van der Waals surface area contributed by atoms with Gasteiger partial charge in [-0.3, -0.25) is 4.79 Å². The van der Waals surface area contributed by atoms with Crippen LogP contribution in [-0.4, -0.2) is 35.9 Å². The van der Waals surface area contributed by atoms with E-state index in [1.807, 2.05) is 0 Å². The van der Waals surface area contributed by atoms with Crippen LogP contribution in [0.3, 0.4) is 0 Å². The number of hydrogen-bond donors (Lipinski definition) is 1. The molecule has 0 aromatic carbocycles. The van der Waals surface area contributed by atoms with Crippen LogP contribution in [0.25, 0.3) is 0 Å². The summed E-state index contributed by atoms with van der Waals surface area (Å²) in [5.41, 5.74) is 0.247. The van der Waals surface area contributed by atoms with E-state index in [9.17, 15) is 19.5 Å². The Morgan fingerprint density at radius 2 is 2.04 bits per heavy atom. The summed E-state index contributed by atoms with van der Waals surface area (Å²) in [5.74, 6) is -0.378. The Hall–Kier alpha value is -1.75. The maximum Gasteiger partial charge on any atom is 0.336 e. The number of aliphatic hydroxyl groups excluding tert-OH is 1. The van der Waals surface area contributed by atoms with Crippen LogP contribution in [-0.2, 0) is 19.1 Å². The summed E-state index contributed by atoms with van der Waals surface area (Å²) in [7, 11) is 0. The number of aliphatic hydroxyl groups is 1. The molecule has 1 saturated heterocycles. The Balaban J connectivity index is 1.92. The van der Waals surface area contributed by atoms with Crippen LogP contribution in [0.15, 0.2) is 23.8 Å². The average Bonchev–Trinajstić information content (AvgIpc) is 2.89. The molecule has 0 bridgehead atoms. The van der Waals surface area contributed by atoms with Gasteiger partial charge in [-0.05, 0) is 49.9 Å².